The monoisotopic (exact) mass is 375 g/mol. The molecule has 1 saturated heterocycles. The van der Waals surface area contributed by atoms with Gasteiger partial charge in [-0.15, -0.1) is 0 Å². The van der Waals surface area contributed by atoms with Crippen molar-refractivity contribution in [3.63, 3.8) is 0 Å². The fourth-order valence-corrected chi connectivity index (χ4v) is 4.55. The maximum absolute atomic E-state index is 12.2. The van der Waals surface area contributed by atoms with Gasteiger partial charge in [-0.3, -0.25) is 4.79 Å². The molecule has 7 heteroatoms. The quantitative estimate of drug-likeness (QED) is 0.787. The van der Waals surface area contributed by atoms with Gasteiger partial charge in [-0.1, -0.05) is 22.0 Å². The Morgan fingerprint density at radius 2 is 2.24 bits per heavy atom. The molecular weight excluding hydrogens is 358 g/mol. The van der Waals surface area contributed by atoms with Crippen molar-refractivity contribution in [2.45, 2.75) is 19.4 Å². The van der Waals surface area contributed by atoms with E-state index in [0.717, 1.165) is 4.47 Å². The molecule has 1 fully saturated rings. The van der Waals surface area contributed by atoms with Crippen molar-refractivity contribution in [2.75, 3.05) is 24.7 Å². The van der Waals surface area contributed by atoms with Gasteiger partial charge in [-0.25, -0.2) is 8.42 Å². The Hall–Kier alpha value is -1.08. The first-order valence-corrected chi connectivity index (χ1v) is 9.41. The predicted molar refractivity (Wildman–Crippen MR) is 84.1 cm³/mol. The first kappa shape index (κ1) is 16.3. The summed E-state index contributed by atoms with van der Waals surface area (Å²) >= 11 is 3.34. The standard InChI is InChI=1S/C14H18BrNO4S/c1-2-16(12-6-7-21(18,19)10-12)14(17)9-20-13-5-3-4-11(15)8-13/h3-5,8,12H,2,6-7,9-10H2,1H3. The number of sulfone groups is 1. The minimum atomic E-state index is -3.00. The van der Waals surface area contributed by atoms with Crippen molar-refractivity contribution in [2.24, 2.45) is 0 Å². The van der Waals surface area contributed by atoms with Gasteiger partial charge in [0.05, 0.1) is 11.5 Å². The molecule has 0 saturated carbocycles. The maximum Gasteiger partial charge on any atom is 0.260 e. The highest BCUT2D eigenvalue weighted by Crippen LogP contribution is 2.20. The van der Waals surface area contributed by atoms with E-state index in [-0.39, 0.29) is 30.1 Å². The molecule has 1 heterocycles. The van der Waals surface area contributed by atoms with E-state index in [9.17, 15) is 13.2 Å². The maximum atomic E-state index is 12.2. The van der Waals surface area contributed by atoms with E-state index in [1.807, 2.05) is 19.1 Å². The van der Waals surface area contributed by atoms with Gasteiger partial charge in [0, 0.05) is 17.1 Å². The summed E-state index contributed by atoms with van der Waals surface area (Å²) in [4.78, 5) is 13.8. The van der Waals surface area contributed by atoms with Gasteiger partial charge in [0.25, 0.3) is 5.91 Å². The lowest BCUT2D eigenvalue weighted by molar-refractivity contribution is -0.135. The lowest BCUT2D eigenvalue weighted by atomic mass is 10.2. The van der Waals surface area contributed by atoms with Crippen LogP contribution in [-0.4, -0.2) is 49.9 Å². The third kappa shape index (κ3) is 4.44. The highest BCUT2D eigenvalue weighted by molar-refractivity contribution is 9.10. The molecular formula is C14H18BrNO4S. The number of nitrogens with zero attached hydrogens (tertiary/aromatic N) is 1. The molecule has 21 heavy (non-hydrogen) atoms. The number of halogens is 1. The molecule has 1 aromatic carbocycles. The summed E-state index contributed by atoms with van der Waals surface area (Å²) in [6.07, 6.45) is 0.513. The molecule has 1 amide bonds. The highest BCUT2D eigenvalue weighted by Gasteiger charge is 2.33. The molecule has 1 aliphatic heterocycles. The van der Waals surface area contributed by atoms with Crippen LogP contribution >= 0.6 is 15.9 Å². The number of carbonyl (C=O) groups is 1. The molecule has 1 atom stereocenters. The Morgan fingerprint density at radius 1 is 1.48 bits per heavy atom. The molecule has 1 aromatic rings. The SMILES string of the molecule is CCN(C(=O)COc1cccc(Br)c1)C1CCS(=O)(=O)C1. The predicted octanol–water partition coefficient (Wildman–Crippen LogP) is 1.86. The molecule has 5 nitrogen and oxygen atoms in total. The van der Waals surface area contributed by atoms with Crippen LogP contribution < -0.4 is 4.74 Å². The van der Waals surface area contributed by atoms with Crippen LogP contribution in [0, 0.1) is 0 Å². The lowest BCUT2D eigenvalue weighted by Crippen LogP contribution is -2.43. The van der Waals surface area contributed by atoms with Crippen molar-refractivity contribution < 1.29 is 17.9 Å². The average molecular weight is 376 g/mol. The molecule has 0 spiro atoms. The van der Waals surface area contributed by atoms with E-state index < -0.39 is 9.84 Å². The normalized spacial score (nSPS) is 20.2. The zero-order valence-electron chi connectivity index (χ0n) is 11.8. The van der Waals surface area contributed by atoms with Crippen molar-refractivity contribution in [3.8, 4) is 5.75 Å². The molecule has 1 unspecified atom stereocenters. The third-order valence-electron chi connectivity index (χ3n) is 3.47. The fourth-order valence-electron chi connectivity index (χ4n) is 2.44. The number of benzene rings is 1. The van der Waals surface area contributed by atoms with E-state index in [4.69, 9.17) is 4.74 Å². The average Bonchev–Trinajstić information content (AvgIpc) is 2.77. The molecule has 1 aliphatic rings. The van der Waals surface area contributed by atoms with E-state index in [1.54, 1.807) is 17.0 Å². The topological polar surface area (TPSA) is 63.7 Å². The Balaban J connectivity index is 1.95. The van der Waals surface area contributed by atoms with E-state index in [1.165, 1.54) is 0 Å². The summed E-state index contributed by atoms with van der Waals surface area (Å²) < 4.78 is 29.4. The summed E-state index contributed by atoms with van der Waals surface area (Å²) in [6, 6.07) is 7.03. The third-order valence-corrected chi connectivity index (χ3v) is 5.71. The minimum absolute atomic E-state index is 0.0590. The van der Waals surface area contributed by atoms with Crippen LogP contribution in [0.15, 0.2) is 28.7 Å². The summed E-state index contributed by atoms with van der Waals surface area (Å²) in [7, 11) is -3.00. The number of ether oxygens (including phenoxy) is 1. The van der Waals surface area contributed by atoms with Gasteiger partial charge < -0.3 is 9.64 Å². The highest BCUT2D eigenvalue weighted by atomic mass is 79.9. The van der Waals surface area contributed by atoms with Crippen molar-refractivity contribution in [1.29, 1.82) is 0 Å². The summed E-state index contributed by atoms with van der Waals surface area (Å²) in [6.45, 7) is 2.25. The van der Waals surface area contributed by atoms with Gasteiger partial charge in [-0.05, 0) is 31.5 Å². The van der Waals surface area contributed by atoms with E-state index in [0.29, 0.717) is 18.7 Å². The van der Waals surface area contributed by atoms with Crippen LogP contribution in [0.25, 0.3) is 0 Å². The van der Waals surface area contributed by atoms with Crippen LogP contribution in [-0.2, 0) is 14.6 Å². The number of likely N-dealkylation sites (N-methyl/N-ethyl adjacent to an activating group) is 1. The molecule has 0 radical (unpaired) electrons. The number of hydrogen-bond acceptors (Lipinski definition) is 4. The number of rotatable bonds is 5. The zero-order valence-corrected chi connectivity index (χ0v) is 14.2. The van der Waals surface area contributed by atoms with Crippen molar-refractivity contribution in [3.05, 3.63) is 28.7 Å². The van der Waals surface area contributed by atoms with Gasteiger partial charge in [-0.2, -0.15) is 0 Å². The second kappa shape index (κ2) is 6.79. The first-order chi connectivity index (χ1) is 9.91. The van der Waals surface area contributed by atoms with Gasteiger partial charge in [0.1, 0.15) is 5.75 Å². The Labute approximate surface area is 133 Å². The van der Waals surface area contributed by atoms with E-state index in [2.05, 4.69) is 15.9 Å². The van der Waals surface area contributed by atoms with Gasteiger partial charge in [0.15, 0.2) is 16.4 Å². The summed E-state index contributed by atoms with van der Waals surface area (Å²) in [5, 5.41) is 0. The van der Waals surface area contributed by atoms with Crippen LogP contribution in [0.3, 0.4) is 0 Å². The van der Waals surface area contributed by atoms with Crippen LogP contribution in [0.5, 0.6) is 5.75 Å². The lowest BCUT2D eigenvalue weighted by Gasteiger charge is -2.26. The largest absolute Gasteiger partial charge is 0.484 e. The Morgan fingerprint density at radius 3 is 2.81 bits per heavy atom. The number of amides is 1. The van der Waals surface area contributed by atoms with Gasteiger partial charge in [0.2, 0.25) is 0 Å². The fraction of sp³-hybridized carbons (Fsp3) is 0.500. The molecule has 116 valence electrons. The van der Waals surface area contributed by atoms with Crippen LogP contribution in [0.4, 0.5) is 0 Å². The summed E-state index contributed by atoms with van der Waals surface area (Å²) in [5.74, 6) is 0.643. The molecule has 0 bridgehead atoms. The molecule has 0 N–H and O–H groups in total. The first-order valence-electron chi connectivity index (χ1n) is 6.79. The van der Waals surface area contributed by atoms with Crippen molar-refractivity contribution in [1.82, 2.24) is 4.90 Å². The van der Waals surface area contributed by atoms with Crippen LogP contribution in [0.1, 0.15) is 13.3 Å². The Bertz CT molecular complexity index is 617. The Kier molecular flexibility index (Phi) is 5.27. The number of carbonyl (C=O) groups excluding carboxylic acids is 1. The minimum Gasteiger partial charge on any atom is -0.484 e. The van der Waals surface area contributed by atoms with Gasteiger partial charge >= 0.3 is 0 Å². The second-order valence-corrected chi connectivity index (χ2v) is 8.13. The number of hydrogen-bond donors (Lipinski definition) is 0. The second-order valence-electron chi connectivity index (χ2n) is 4.98. The molecule has 0 aliphatic carbocycles. The van der Waals surface area contributed by atoms with Crippen molar-refractivity contribution >= 4 is 31.7 Å². The smallest absolute Gasteiger partial charge is 0.260 e. The molecule has 2 rings (SSSR count). The van der Waals surface area contributed by atoms with E-state index >= 15 is 0 Å². The van der Waals surface area contributed by atoms with Crippen LogP contribution in [0.2, 0.25) is 0 Å². The summed E-state index contributed by atoms with van der Waals surface area (Å²) in [5.41, 5.74) is 0. The zero-order chi connectivity index (χ0) is 15.5. The molecule has 0 aromatic heterocycles.